The van der Waals surface area contributed by atoms with E-state index in [1.165, 1.54) is 6.07 Å². The van der Waals surface area contributed by atoms with E-state index < -0.39 is 0 Å². The van der Waals surface area contributed by atoms with Gasteiger partial charge >= 0.3 is 0 Å². The number of aryl methyl sites for hydroxylation is 1. The van der Waals surface area contributed by atoms with Crippen LogP contribution in [0.1, 0.15) is 39.2 Å². The Hall–Kier alpha value is -1.25. The van der Waals surface area contributed by atoms with Crippen molar-refractivity contribution in [3.63, 3.8) is 0 Å². The highest BCUT2D eigenvalue weighted by atomic mass is 19.1. The number of rotatable bonds is 4. The van der Waals surface area contributed by atoms with E-state index in [2.05, 4.69) is 26.1 Å². The third kappa shape index (κ3) is 3.12. The Labute approximate surface area is 97.0 Å². The molecule has 0 aliphatic rings. The monoisotopic (exact) mass is 224 g/mol. The maximum atomic E-state index is 13.2. The van der Waals surface area contributed by atoms with Gasteiger partial charge in [-0.2, -0.15) is 0 Å². The van der Waals surface area contributed by atoms with Crippen LogP contribution in [0.4, 0.5) is 15.8 Å². The molecule has 0 bridgehead atoms. The first-order valence-corrected chi connectivity index (χ1v) is 5.69. The fraction of sp³-hybridized carbons (Fsp3) is 0.538. The first kappa shape index (κ1) is 12.8. The van der Waals surface area contributed by atoms with Crippen LogP contribution in [0.15, 0.2) is 12.1 Å². The lowest BCUT2D eigenvalue weighted by molar-refractivity contribution is 0.511. The molecule has 3 heteroatoms. The lowest BCUT2D eigenvalue weighted by Crippen LogP contribution is -2.30. The van der Waals surface area contributed by atoms with Gasteiger partial charge in [-0.1, -0.05) is 13.3 Å². The van der Waals surface area contributed by atoms with E-state index in [0.717, 1.165) is 18.5 Å². The average Bonchev–Trinajstić information content (AvgIpc) is 2.13. The molecule has 0 spiro atoms. The smallest absolute Gasteiger partial charge is 0.128 e. The maximum Gasteiger partial charge on any atom is 0.128 e. The minimum Gasteiger partial charge on any atom is -0.397 e. The summed E-state index contributed by atoms with van der Waals surface area (Å²) in [6.07, 6.45) is 2.14. The molecule has 0 aliphatic carbocycles. The first-order chi connectivity index (χ1) is 7.35. The minimum absolute atomic E-state index is 0.0207. The third-order valence-corrected chi connectivity index (χ3v) is 2.68. The largest absolute Gasteiger partial charge is 0.397 e. The van der Waals surface area contributed by atoms with Crippen LogP contribution in [-0.4, -0.2) is 5.54 Å². The van der Waals surface area contributed by atoms with Crippen LogP contribution in [0, 0.1) is 12.7 Å². The number of hydrogen-bond donors (Lipinski definition) is 2. The van der Waals surface area contributed by atoms with Gasteiger partial charge in [0.15, 0.2) is 0 Å². The fourth-order valence-electron chi connectivity index (χ4n) is 1.86. The van der Waals surface area contributed by atoms with E-state index in [4.69, 9.17) is 5.73 Å². The van der Waals surface area contributed by atoms with Crippen molar-refractivity contribution in [2.75, 3.05) is 11.1 Å². The normalized spacial score (nSPS) is 11.6. The van der Waals surface area contributed by atoms with Crippen molar-refractivity contribution in [2.24, 2.45) is 0 Å². The molecule has 90 valence electrons. The lowest BCUT2D eigenvalue weighted by Gasteiger charge is -2.28. The molecule has 0 unspecified atom stereocenters. The van der Waals surface area contributed by atoms with E-state index in [1.807, 2.05) is 0 Å². The molecule has 16 heavy (non-hydrogen) atoms. The Balaban J connectivity index is 2.93. The number of hydrogen-bond acceptors (Lipinski definition) is 2. The summed E-state index contributed by atoms with van der Waals surface area (Å²) < 4.78 is 13.2. The molecule has 0 aliphatic heterocycles. The summed E-state index contributed by atoms with van der Waals surface area (Å²) in [7, 11) is 0. The second-order valence-electron chi connectivity index (χ2n) is 4.95. The Morgan fingerprint density at radius 2 is 2.00 bits per heavy atom. The number of benzene rings is 1. The van der Waals surface area contributed by atoms with Crippen LogP contribution in [0.2, 0.25) is 0 Å². The number of halogens is 1. The average molecular weight is 224 g/mol. The van der Waals surface area contributed by atoms with Gasteiger partial charge in [-0.25, -0.2) is 4.39 Å². The summed E-state index contributed by atoms with van der Waals surface area (Å²) in [5.41, 5.74) is 7.67. The van der Waals surface area contributed by atoms with Crippen LogP contribution >= 0.6 is 0 Å². The van der Waals surface area contributed by atoms with Crippen molar-refractivity contribution >= 4 is 11.4 Å². The number of nitrogens with one attached hydrogen (secondary N) is 1. The Morgan fingerprint density at radius 3 is 2.56 bits per heavy atom. The van der Waals surface area contributed by atoms with Gasteiger partial charge in [0.25, 0.3) is 0 Å². The lowest BCUT2D eigenvalue weighted by atomic mass is 9.98. The Morgan fingerprint density at radius 1 is 1.38 bits per heavy atom. The summed E-state index contributed by atoms with van der Waals surface area (Å²) in [5.74, 6) is -0.253. The number of nitrogens with two attached hydrogens (primary N) is 1. The van der Waals surface area contributed by atoms with E-state index in [9.17, 15) is 4.39 Å². The molecule has 3 N–H and O–H groups in total. The van der Waals surface area contributed by atoms with Gasteiger partial charge in [-0.3, -0.25) is 0 Å². The van der Waals surface area contributed by atoms with Gasteiger partial charge in [0.05, 0.1) is 11.4 Å². The number of nitrogen functional groups attached to an aromatic ring is 1. The van der Waals surface area contributed by atoms with Gasteiger partial charge in [0.1, 0.15) is 5.82 Å². The molecule has 0 saturated heterocycles. The van der Waals surface area contributed by atoms with Crippen molar-refractivity contribution < 1.29 is 4.39 Å². The van der Waals surface area contributed by atoms with Crippen molar-refractivity contribution in [3.8, 4) is 0 Å². The quantitative estimate of drug-likeness (QED) is 0.765. The number of anilines is 2. The summed E-state index contributed by atoms with van der Waals surface area (Å²) in [6.45, 7) is 8.12. The predicted octanol–water partition coefficient (Wildman–Crippen LogP) is 3.71. The van der Waals surface area contributed by atoms with Crippen LogP contribution in [-0.2, 0) is 0 Å². The molecule has 1 rings (SSSR count). The predicted molar refractivity (Wildman–Crippen MR) is 68.2 cm³/mol. The van der Waals surface area contributed by atoms with Crippen molar-refractivity contribution in [1.82, 2.24) is 0 Å². The van der Waals surface area contributed by atoms with Crippen LogP contribution in [0.3, 0.4) is 0 Å². The SMILES string of the molecule is CCCC(C)(C)Nc1cc(C)c(F)cc1N. The van der Waals surface area contributed by atoms with Gasteiger partial charge in [0, 0.05) is 5.54 Å². The van der Waals surface area contributed by atoms with Crippen molar-refractivity contribution in [3.05, 3.63) is 23.5 Å². The van der Waals surface area contributed by atoms with Crippen LogP contribution in [0.5, 0.6) is 0 Å². The Kier molecular flexibility index (Phi) is 3.79. The van der Waals surface area contributed by atoms with Gasteiger partial charge in [-0.15, -0.1) is 0 Å². The molecule has 1 aromatic rings. The van der Waals surface area contributed by atoms with Crippen molar-refractivity contribution in [1.29, 1.82) is 0 Å². The van der Waals surface area contributed by atoms with E-state index >= 15 is 0 Å². The molecular weight excluding hydrogens is 203 g/mol. The molecule has 0 radical (unpaired) electrons. The third-order valence-electron chi connectivity index (χ3n) is 2.68. The summed E-state index contributed by atoms with van der Waals surface area (Å²) in [6, 6.07) is 3.14. The standard InChI is InChI=1S/C13H21FN2/c1-5-6-13(3,4)16-12-7-9(2)10(14)8-11(12)15/h7-8,16H,5-6,15H2,1-4H3. The molecular formula is C13H21FN2. The molecule has 0 aromatic heterocycles. The topological polar surface area (TPSA) is 38.0 Å². The molecule has 1 aromatic carbocycles. The van der Waals surface area contributed by atoms with E-state index in [1.54, 1.807) is 13.0 Å². The van der Waals surface area contributed by atoms with Crippen LogP contribution < -0.4 is 11.1 Å². The highest BCUT2D eigenvalue weighted by Crippen LogP contribution is 2.27. The zero-order valence-corrected chi connectivity index (χ0v) is 10.5. The van der Waals surface area contributed by atoms with E-state index in [0.29, 0.717) is 11.3 Å². The van der Waals surface area contributed by atoms with Gasteiger partial charge in [0.2, 0.25) is 0 Å². The maximum absolute atomic E-state index is 13.2. The molecule has 2 nitrogen and oxygen atoms in total. The molecule has 0 heterocycles. The zero-order chi connectivity index (χ0) is 12.3. The second kappa shape index (κ2) is 4.73. The molecule has 0 fully saturated rings. The first-order valence-electron chi connectivity index (χ1n) is 5.69. The molecule has 0 saturated carbocycles. The molecule has 0 amide bonds. The molecule has 0 atom stereocenters. The van der Waals surface area contributed by atoms with Crippen LogP contribution in [0.25, 0.3) is 0 Å². The minimum atomic E-state index is -0.253. The fourth-order valence-corrected chi connectivity index (χ4v) is 1.86. The van der Waals surface area contributed by atoms with E-state index in [-0.39, 0.29) is 11.4 Å². The van der Waals surface area contributed by atoms with Crippen molar-refractivity contribution in [2.45, 2.75) is 46.1 Å². The van der Waals surface area contributed by atoms with Gasteiger partial charge in [-0.05, 0) is 44.9 Å². The highest BCUT2D eigenvalue weighted by molar-refractivity contribution is 5.68. The Bertz CT molecular complexity index is 372. The van der Waals surface area contributed by atoms with Gasteiger partial charge < -0.3 is 11.1 Å². The summed E-state index contributed by atoms with van der Waals surface area (Å²) in [4.78, 5) is 0. The summed E-state index contributed by atoms with van der Waals surface area (Å²) >= 11 is 0. The second-order valence-corrected chi connectivity index (χ2v) is 4.95. The zero-order valence-electron chi connectivity index (χ0n) is 10.5. The summed E-state index contributed by atoms with van der Waals surface area (Å²) in [5, 5.41) is 3.36. The highest BCUT2D eigenvalue weighted by Gasteiger charge is 2.17.